The number of amides is 1. The van der Waals surface area contributed by atoms with Gasteiger partial charge in [-0.05, 0) is 99.4 Å². The lowest BCUT2D eigenvalue weighted by atomic mass is 9.79. The number of hydrogen-bond acceptors (Lipinski definition) is 5. The van der Waals surface area contributed by atoms with Crippen LogP contribution in [-0.2, 0) is 26.0 Å². The molecule has 1 N–H and O–H groups in total. The molecule has 6 rings (SSSR count). The van der Waals surface area contributed by atoms with E-state index in [-0.39, 0.29) is 41.5 Å². The van der Waals surface area contributed by atoms with Crippen LogP contribution < -0.4 is 5.32 Å². The molecule has 2 atom stereocenters. The second-order valence-electron chi connectivity index (χ2n) is 12.9. The van der Waals surface area contributed by atoms with Gasteiger partial charge in [0.15, 0.2) is 0 Å². The van der Waals surface area contributed by atoms with Crippen LogP contribution in [0.2, 0.25) is 5.02 Å². The number of nitrogens with zero attached hydrogens (tertiary/aromatic N) is 2. The molecule has 0 bridgehead atoms. The lowest BCUT2D eigenvalue weighted by molar-refractivity contribution is -0.117. The van der Waals surface area contributed by atoms with E-state index in [2.05, 4.69) is 10.2 Å². The largest absolute Gasteiger partial charge is 0.381 e. The molecule has 1 amide bonds. The standard InChI is InChI=1S/C35H41ClFN3O4S/c1-39-23-28(40(35(24-39)18-19-35)45(42,43)29-6-3-2-4-7-29)14-15-30-32(37)8-5-9-33(30)38-34(41)22-31(26-16-20-44-21-17-26)25-10-12-27(36)13-11-25/h2-13,26,28,31H,14-24H2,1H3,(H,38,41). The van der Waals surface area contributed by atoms with Crippen LogP contribution in [0.1, 0.15) is 55.6 Å². The highest BCUT2D eigenvalue weighted by Crippen LogP contribution is 2.49. The van der Waals surface area contributed by atoms with Gasteiger partial charge in [-0.1, -0.05) is 48.0 Å². The fourth-order valence-corrected chi connectivity index (χ4v) is 9.54. The second kappa shape index (κ2) is 13.5. The third-order valence-electron chi connectivity index (χ3n) is 9.67. The number of carbonyl (C=O) groups excluding carboxylic acids is 1. The van der Waals surface area contributed by atoms with Crippen LogP contribution in [-0.4, -0.2) is 68.5 Å². The first-order valence-electron chi connectivity index (χ1n) is 15.8. The topological polar surface area (TPSA) is 79.0 Å². The molecule has 1 saturated carbocycles. The minimum atomic E-state index is -3.75. The number of rotatable bonds is 10. The van der Waals surface area contributed by atoms with Gasteiger partial charge in [0.25, 0.3) is 0 Å². The van der Waals surface area contributed by atoms with Crippen molar-refractivity contribution in [1.82, 2.24) is 9.21 Å². The summed E-state index contributed by atoms with van der Waals surface area (Å²) in [6.45, 7) is 2.56. The molecule has 10 heteroatoms. The van der Waals surface area contributed by atoms with Crippen molar-refractivity contribution in [2.75, 3.05) is 38.7 Å². The molecule has 2 heterocycles. The SMILES string of the molecule is CN1CC(CCc2c(F)cccc2NC(=O)CC(c2ccc(Cl)cc2)C2CCOCC2)N(S(=O)(=O)c2ccccc2)C2(CC2)C1. The molecule has 1 spiro atoms. The predicted octanol–water partition coefficient (Wildman–Crippen LogP) is 6.49. The Bertz CT molecular complexity index is 1590. The summed E-state index contributed by atoms with van der Waals surface area (Å²) in [4.78, 5) is 16.0. The number of likely N-dealkylation sites (N-methyl/N-ethyl adjacent to an activating group) is 1. The van der Waals surface area contributed by atoms with Crippen LogP contribution in [0.4, 0.5) is 10.1 Å². The first kappa shape index (κ1) is 32.1. The summed E-state index contributed by atoms with van der Waals surface area (Å²) in [7, 11) is -1.73. The van der Waals surface area contributed by atoms with Crippen molar-refractivity contribution < 1.29 is 22.3 Å². The van der Waals surface area contributed by atoms with Gasteiger partial charge in [-0.15, -0.1) is 0 Å². The molecular formula is C35H41ClFN3O4S. The molecule has 3 aromatic carbocycles. The summed E-state index contributed by atoms with van der Waals surface area (Å²) in [6, 6.07) is 20.6. The van der Waals surface area contributed by atoms with Crippen molar-refractivity contribution in [1.29, 1.82) is 0 Å². The highest BCUT2D eigenvalue weighted by atomic mass is 35.5. The summed E-state index contributed by atoms with van der Waals surface area (Å²) in [5.74, 6) is -0.328. The van der Waals surface area contributed by atoms with E-state index < -0.39 is 21.4 Å². The van der Waals surface area contributed by atoms with E-state index in [1.165, 1.54) is 6.07 Å². The van der Waals surface area contributed by atoms with Gasteiger partial charge in [0.05, 0.1) is 4.90 Å². The number of hydrogen-bond donors (Lipinski definition) is 1. The zero-order valence-corrected chi connectivity index (χ0v) is 27.2. The first-order chi connectivity index (χ1) is 21.7. The zero-order chi connectivity index (χ0) is 31.6. The van der Waals surface area contributed by atoms with Crippen LogP contribution in [0.25, 0.3) is 0 Å². The molecule has 2 saturated heterocycles. The van der Waals surface area contributed by atoms with E-state index in [1.54, 1.807) is 40.7 Å². The Hall–Kier alpha value is -2.82. The first-order valence-corrected chi connectivity index (χ1v) is 17.7. The van der Waals surface area contributed by atoms with Gasteiger partial charge < -0.3 is 15.0 Å². The Morgan fingerprint density at radius 1 is 1.04 bits per heavy atom. The number of ether oxygens (including phenoxy) is 1. The number of carbonyl (C=O) groups is 1. The molecule has 45 heavy (non-hydrogen) atoms. The number of benzene rings is 3. The monoisotopic (exact) mass is 653 g/mol. The molecule has 1 aliphatic carbocycles. The van der Waals surface area contributed by atoms with Gasteiger partial charge in [-0.2, -0.15) is 4.31 Å². The van der Waals surface area contributed by atoms with Crippen LogP contribution in [0.5, 0.6) is 0 Å². The normalized spacial score (nSPS) is 21.4. The minimum Gasteiger partial charge on any atom is -0.381 e. The Morgan fingerprint density at radius 3 is 2.44 bits per heavy atom. The van der Waals surface area contributed by atoms with Crippen molar-refractivity contribution in [3.8, 4) is 0 Å². The summed E-state index contributed by atoms with van der Waals surface area (Å²) < 4.78 is 50.7. The highest BCUT2D eigenvalue weighted by Gasteiger charge is 2.58. The molecular weight excluding hydrogens is 613 g/mol. The summed E-state index contributed by atoms with van der Waals surface area (Å²) in [5, 5.41) is 3.66. The van der Waals surface area contributed by atoms with Crippen LogP contribution >= 0.6 is 11.6 Å². The maximum Gasteiger partial charge on any atom is 0.243 e. The number of halogens is 2. The molecule has 240 valence electrons. The number of anilines is 1. The molecule has 0 radical (unpaired) electrons. The second-order valence-corrected chi connectivity index (χ2v) is 15.1. The summed E-state index contributed by atoms with van der Waals surface area (Å²) in [6.07, 6.45) is 4.32. The Kier molecular flexibility index (Phi) is 9.64. The Balaban J connectivity index is 1.21. The minimum absolute atomic E-state index is 0.0209. The smallest absolute Gasteiger partial charge is 0.243 e. The van der Waals surface area contributed by atoms with Crippen molar-refractivity contribution in [2.45, 2.75) is 67.3 Å². The van der Waals surface area contributed by atoms with Gasteiger partial charge in [0, 0.05) is 60.6 Å². The Morgan fingerprint density at radius 2 is 1.76 bits per heavy atom. The van der Waals surface area contributed by atoms with Crippen LogP contribution in [0, 0.1) is 11.7 Å². The van der Waals surface area contributed by atoms with E-state index in [4.69, 9.17) is 16.3 Å². The van der Waals surface area contributed by atoms with Crippen LogP contribution in [0.15, 0.2) is 77.7 Å². The maximum atomic E-state index is 15.4. The number of sulfonamides is 1. The molecule has 0 aromatic heterocycles. The third-order valence-corrected chi connectivity index (χ3v) is 12.0. The average Bonchev–Trinajstić information content (AvgIpc) is 3.78. The fraction of sp³-hybridized carbons (Fsp3) is 0.457. The Labute approximate surface area is 270 Å². The van der Waals surface area contributed by atoms with E-state index in [1.807, 2.05) is 37.4 Å². The lowest BCUT2D eigenvalue weighted by Gasteiger charge is -2.45. The third kappa shape index (κ3) is 7.13. The number of nitrogens with one attached hydrogen (secondary N) is 1. The molecule has 7 nitrogen and oxygen atoms in total. The van der Waals surface area contributed by atoms with E-state index in [9.17, 15) is 13.2 Å². The van der Waals surface area contributed by atoms with Crippen molar-refractivity contribution in [3.63, 3.8) is 0 Å². The van der Waals surface area contributed by atoms with Crippen molar-refractivity contribution in [2.24, 2.45) is 5.92 Å². The molecule has 3 aliphatic rings. The molecule has 3 aromatic rings. The van der Waals surface area contributed by atoms with E-state index in [0.29, 0.717) is 49.0 Å². The number of piperazine rings is 1. The average molecular weight is 654 g/mol. The lowest BCUT2D eigenvalue weighted by Crippen LogP contribution is -2.61. The molecule has 3 fully saturated rings. The van der Waals surface area contributed by atoms with Gasteiger partial charge in [0.1, 0.15) is 5.82 Å². The maximum absolute atomic E-state index is 15.4. The van der Waals surface area contributed by atoms with Gasteiger partial charge >= 0.3 is 0 Å². The molecule has 2 aliphatic heterocycles. The molecule has 2 unspecified atom stereocenters. The van der Waals surface area contributed by atoms with Gasteiger partial charge in [-0.3, -0.25) is 4.79 Å². The van der Waals surface area contributed by atoms with Gasteiger partial charge in [-0.25, -0.2) is 12.8 Å². The van der Waals surface area contributed by atoms with Crippen molar-refractivity contribution in [3.05, 3.63) is 94.8 Å². The summed E-state index contributed by atoms with van der Waals surface area (Å²) >= 11 is 6.15. The van der Waals surface area contributed by atoms with E-state index >= 15 is 4.39 Å². The van der Waals surface area contributed by atoms with Gasteiger partial charge in [0.2, 0.25) is 15.9 Å². The highest BCUT2D eigenvalue weighted by molar-refractivity contribution is 7.89. The predicted molar refractivity (Wildman–Crippen MR) is 174 cm³/mol. The van der Waals surface area contributed by atoms with Crippen molar-refractivity contribution >= 4 is 33.2 Å². The zero-order valence-electron chi connectivity index (χ0n) is 25.6. The summed E-state index contributed by atoms with van der Waals surface area (Å²) in [5.41, 5.74) is 1.45. The van der Waals surface area contributed by atoms with Crippen LogP contribution in [0.3, 0.4) is 0 Å². The fourth-order valence-electron chi connectivity index (χ4n) is 7.37. The quantitative estimate of drug-likeness (QED) is 0.271. The van der Waals surface area contributed by atoms with E-state index in [0.717, 1.165) is 31.2 Å².